The van der Waals surface area contributed by atoms with Gasteiger partial charge in [0.2, 0.25) is 0 Å². The van der Waals surface area contributed by atoms with Crippen LogP contribution in [0.3, 0.4) is 0 Å². The topological polar surface area (TPSA) is 150 Å². The fourth-order valence-corrected chi connectivity index (χ4v) is 4.23. The SMILES string of the molecule is COC(=O)c1ccc(N2C(=O)NC(=O)/C(=C/c3cc(Cl)c(OCC(=O)Nc4ccccc4OC)c(OC)c3)C2=O)cc1. The predicted octanol–water partition coefficient (Wildman–Crippen LogP) is 3.83. The average molecular weight is 594 g/mol. The number of hydrogen-bond acceptors (Lipinski definition) is 9. The number of hydrogen-bond donors (Lipinski definition) is 2. The van der Waals surface area contributed by atoms with E-state index < -0.39 is 36.3 Å². The number of benzene rings is 3. The Bertz CT molecular complexity index is 1600. The summed E-state index contributed by atoms with van der Waals surface area (Å²) < 4.78 is 20.8. The molecule has 4 rings (SSSR count). The Morgan fingerprint density at radius 1 is 0.952 bits per heavy atom. The van der Waals surface area contributed by atoms with Crippen molar-refractivity contribution in [1.29, 1.82) is 0 Å². The second-order valence-electron chi connectivity index (χ2n) is 8.57. The lowest BCUT2D eigenvalue weighted by molar-refractivity contribution is -0.122. The minimum Gasteiger partial charge on any atom is -0.495 e. The number of ether oxygens (including phenoxy) is 4. The highest BCUT2D eigenvalue weighted by molar-refractivity contribution is 6.39. The minimum absolute atomic E-state index is 0.0290. The van der Waals surface area contributed by atoms with E-state index >= 15 is 0 Å². The highest BCUT2D eigenvalue weighted by Gasteiger charge is 2.37. The van der Waals surface area contributed by atoms with Crippen LogP contribution >= 0.6 is 11.6 Å². The number of barbiturate groups is 1. The molecule has 13 heteroatoms. The molecule has 0 aliphatic carbocycles. The van der Waals surface area contributed by atoms with Crippen molar-refractivity contribution in [1.82, 2.24) is 5.32 Å². The first-order chi connectivity index (χ1) is 20.2. The quantitative estimate of drug-likeness (QED) is 0.214. The Labute approximate surface area is 244 Å². The number of nitrogens with zero attached hydrogens (tertiary/aromatic N) is 1. The number of methoxy groups -OCH3 is 3. The molecular weight excluding hydrogens is 570 g/mol. The van der Waals surface area contributed by atoms with Crippen LogP contribution in [-0.4, -0.2) is 57.7 Å². The van der Waals surface area contributed by atoms with Gasteiger partial charge in [0.05, 0.1) is 43.3 Å². The summed E-state index contributed by atoms with van der Waals surface area (Å²) in [5, 5.41) is 4.82. The number of halogens is 1. The Morgan fingerprint density at radius 2 is 1.64 bits per heavy atom. The molecule has 0 atom stereocenters. The molecule has 3 aromatic carbocycles. The fraction of sp³-hybridized carbons (Fsp3) is 0.138. The summed E-state index contributed by atoms with van der Waals surface area (Å²) in [5.41, 5.74) is 0.690. The van der Waals surface area contributed by atoms with Crippen molar-refractivity contribution in [3.63, 3.8) is 0 Å². The van der Waals surface area contributed by atoms with E-state index in [0.717, 1.165) is 4.90 Å². The highest BCUT2D eigenvalue weighted by atomic mass is 35.5. The number of carbonyl (C=O) groups excluding carboxylic acids is 5. The zero-order valence-electron chi connectivity index (χ0n) is 22.6. The lowest BCUT2D eigenvalue weighted by Gasteiger charge is -2.26. The van der Waals surface area contributed by atoms with E-state index in [4.69, 9.17) is 25.8 Å². The maximum atomic E-state index is 13.2. The number of para-hydroxylation sites is 2. The standard InChI is InChI=1S/C29H24ClN3O9/c1-39-22-7-5-4-6-21(22)31-24(34)15-42-25-20(30)13-16(14-23(25)40-2)12-19-26(35)32-29(38)33(27(19)36)18-10-8-17(9-11-18)28(37)41-3/h4-14H,15H2,1-3H3,(H,31,34)(H,32,35,38)/b19-12-. The molecule has 0 spiro atoms. The van der Waals surface area contributed by atoms with Gasteiger partial charge in [-0.25, -0.2) is 14.5 Å². The van der Waals surface area contributed by atoms with Crippen molar-refractivity contribution in [3.05, 3.63) is 82.4 Å². The van der Waals surface area contributed by atoms with E-state index in [1.54, 1.807) is 24.3 Å². The van der Waals surface area contributed by atoms with Gasteiger partial charge in [-0.2, -0.15) is 0 Å². The van der Waals surface area contributed by atoms with Gasteiger partial charge >= 0.3 is 12.0 Å². The zero-order chi connectivity index (χ0) is 30.4. The lowest BCUT2D eigenvalue weighted by Crippen LogP contribution is -2.54. The molecule has 216 valence electrons. The molecule has 0 aromatic heterocycles. The summed E-state index contributed by atoms with van der Waals surface area (Å²) in [6.07, 6.45) is 1.23. The molecule has 12 nitrogen and oxygen atoms in total. The minimum atomic E-state index is -0.960. The number of nitrogens with one attached hydrogen (secondary N) is 2. The van der Waals surface area contributed by atoms with Crippen LogP contribution in [0.15, 0.2) is 66.2 Å². The summed E-state index contributed by atoms with van der Waals surface area (Å²) in [6.45, 7) is -0.415. The second-order valence-corrected chi connectivity index (χ2v) is 8.97. The van der Waals surface area contributed by atoms with Gasteiger partial charge in [-0.15, -0.1) is 0 Å². The number of esters is 1. The number of amides is 5. The van der Waals surface area contributed by atoms with Gasteiger partial charge in [0.25, 0.3) is 17.7 Å². The molecule has 0 bridgehead atoms. The summed E-state index contributed by atoms with van der Waals surface area (Å²) in [4.78, 5) is 63.3. The molecule has 3 aromatic rings. The van der Waals surface area contributed by atoms with E-state index in [0.29, 0.717) is 11.4 Å². The third kappa shape index (κ3) is 6.34. The number of imide groups is 2. The molecule has 1 heterocycles. The fourth-order valence-electron chi connectivity index (χ4n) is 3.96. The Kier molecular flexibility index (Phi) is 9.08. The van der Waals surface area contributed by atoms with E-state index in [2.05, 4.69) is 15.4 Å². The molecule has 1 saturated heterocycles. The summed E-state index contributed by atoms with van der Waals surface area (Å²) in [5.74, 6) is -2.26. The molecule has 1 aliphatic heterocycles. The summed E-state index contributed by atoms with van der Waals surface area (Å²) >= 11 is 6.42. The molecule has 2 N–H and O–H groups in total. The first-order valence-corrected chi connectivity index (χ1v) is 12.6. The van der Waals surface area contributed by atoms with Gasteiger partial charge in [-0.1, -0.05) is 23.7 Å². The Balaban J connectivity index is 1.55. The first-order valence-electron chi connectivity index (χ1n) is 12.2. The van der Waals surface area contributed by atoms with E-state index in [1.165, 1.54) is 63.8 Å². The smallest absolute Gasteiger partial charge is 0.337 e. The Morgan fingerprint density at radius 3 is 2.31 bits per heavy atom. The first kappa shape index (κ1) is 29.6. The van der Waals surface area contributed by atoms with E-state index in [-0.39, 0.29) is 38.9 Å². The average Bonchev–Trinajstić information content (AvgIpc) is 2.98. The zero-order valence-corrected chi connectivity index (χ0v) is 23.3. The van der Waals surface area contributed by atoms with Gasteiger partial charge in [0.1, 0.15) is 11.3 Å². The van der Waals surface area contributed by atoms with Crippen LogP contribution in [0.25, 0.3) is 6.08 Å². The lowest BCUT2D eigenvalue weighted by atomic mass is 10.1. The summed E-state index contributed by atoms with van der Waals surface area (Å²) in [7, 11) is 4.05. The second kappa shape index (κ2) is 12.9. The maximum absolute atomic E-state index is 13.2. The van der Waals surface area contributed by atoms with Crippen LogP contribution in [-0.2, 0) is 19.1 Å². The van der Waals surface area contributed by atoms with Gasteiger partial charge in [-0.3, -0.25) is 19.7 Å². The number of anilines is 2. The Hall–Kier alpha value is -5.36. The monoisotopic (exact) mass is 593 g/mol. The van der Waals surface area contributed by atoms with Crippen LogP contribution in [0, 0.1) is 0 Å². The van der Waals surface area contributed by atoms with Crippen LogP contribution in [0.4, 0.5) is 16.2 Å². The molecule has 0 saturated carbocycles. The molecular formula is C29H24ClN3O9. The van der Waals surface area contributed by atoms with E-state index in [1.807, 2.05) is 0 Å². The number of rotatable bonds is 9. The third-order valence-corrected chi connectivity index (χ3v) is 6.22. The number of carbonyl (C=O) groups is 5. The van der Waals surface area contributed by atoms with Crippen molar-refractivity contribution in [3.8, 4) is 17.2 Å². The number of urea groups is 1. The normalized spacial score (nSPS) is 13.9. The van der Waals surface area contributed by atoms with Crippen LogP contribution in [0.2, 0.25) is 5.02 Å². The molecule has 0 unspecified atom stereocenters. The molecule has 42 heavy (non-hydrogen) atoms. The highest BCUT2D eigenvalue weighted by Crippen LogP contribution is 2.37. The maximum Gasteiger partial charge on any atom is 0.337 e. The van der Waals surface area contributed by atoms with Crippen molar-refractivity contribution in [2.75, 3.05) is 38.2 Å². The summed E-state index contributed by atoms with van der Waals surface area (Å²) in [6, 6.07) is 14.2. The van der Waals surface area contributed by atoms with Gasteiger partial charge in [0.15, 0.2) is 18.1 Å². The van der Waals surface area contributed by atoms with Crippen LogP contribution < -0.4 is 29.7 Å². The molecule has 0 radical (unpaired) electrons. The predicted molar refractivity (Wildman–Crippen MR) is 152 cm³/mol. The van der Waals surface area contributed by atoms with Gasteiger partial charge in [0, 0.05) is 0 Å². The van der Waals surface area contributed by atoms with E-state index in [9.17, 15) is 24.0 Å². The van der Waals surface area contributed by atoms with Crippen molar-refractivity contribution >= 4 is 58.8 Å². The van der Waals surface area contributed by atoms with Crippen LogP contribution in [0.1, 0.15) is 15.9 Å². The third-order valence-electron chi connectivity index (χ3n) is 5.94. The largest absolute Gasteiger partial charge is 0.495 e. The van der Waals surface area contributed by atoms with Gasteiger partial charge in [-0.05, 0) is 60.2 Å². The van der Waals surface area contributed by atoms with Gasteiger partial charge < -0.3 is 24.3 Å². The molecule has 5 amide bonds. The van der Waals surface area contributed by atoms with Crippen molar-refractivity contribution in [2.24, 2.45) is 0 Å². The molecule has 1 aliphatic rings. The van der Waals surface area contributed by atoms with Crippen molar-refractivity contribution < 1.29 is 42.9 Å². The van der Waals surface area contributed by atoms with Crippen LogP contribution in [0.5, 0.6) is 17.2 Å². The molecule has 1 fully saturated rings. The van der Waals surface area contributed by atoms with Crippen molar-refractivity contribution in [2.45, 2.75) is 0 Å².